The lowest BCUT2D eigenvalue weighted by atomic mass is 9.75. The maximum Gasteiger partial charge on any atom is 0.332 e. The molecule has 2 aromatic heterocycles. The van der Waals surface area contributed by atoms with Crippen LogP contribution < -0.4 is 57.6 Å². The zero-order valence-corrected chi connectivity index (χ0v) is 43.3. The number of carbonyl (C=O) groups excluding carboxylic acids is 3. The second-order valence-corrected chi connectivity index (χ2v) is 16.0. The van der Waals surface area contributed by atoms with Crippen LogP contribution in [0.4, 0.5) is 4.79 Å². The summed E-state index contributed by atoms with van der Waals surface area (Å²) in [6, 6.07) is 18.2. The number of aliphatic hydroxyl groups is 4. The number of rotatable bonds is 16. The van der Waals surface area contributed by atoms with Gasteiger partial charge < -0.3 is 61.1 Å². The second kappa shape index (κ2) is 30.9. The number of imidazole rings is 1. The van der Waals surface area contributed by atoms with E-state index in [0.29, 0.717) is 62.7 Å². The molecule has 7 rings (SSSR count). The number of H-pyrrole nitrogens is 1. The molecule has 2 aliphatic rings. The van der Waals surface area contributed by atoms with Crippen molar-refractivity contribution in [3.05, 3.63) is 110 Å². The van der Waals surface area contributed by atoms with Gasteiger partial charge in [-0.3, -0.25) is 34.2 Å². The summed E-state index contributed by atoms with van der Waals surface area (Å²) in [5.41, 5.74) is 12.5. The van der Waals surface area contributed by atoms with Crippen LogP contribution >= 0.6 is 12.4 Å². The van der Waals surface area contributed by atoms with E-state index in [-0.39, 0.29) is 23.7 Å². The number of halogens is 1. The van der Waals surface area contributed by atoms with Crippen molar-refractivity contribution in [1.29, 1.82) is 0 Å². The van der Waals surface area contributed by atoms with Crippen molar-refractivity contribution in [2.75, 3.05) is 72.5 Å². The lowest BCUT2D eigenvalue weighted by Gasteiger charge is -2.33. The Morgan fingerprint density at radius 2 is 1.23 bits per heavy atom. The Labute approximate surface area is 430 Å². The molecule has 1 fully saturated rings. The number of nitrogens with zero attached hydrogens (tertiary/aromatic N) is 3. The highest BCUT2D eigenvalue weighted by molar-refractivity contribution is 6.22. The first-order valence-electron chi connectivity index (χ1n) is 23.5. The van der Waals surface area contributed by atoms with Crippen LogP contribution in [0.3, 0.4) is 0 Å². The normalized spacial score (nSPS) is 13.8. The molecule has 23 heteroatoms. The van der Waals surface area contributed by atoms with Gasteiger partial charge in [0.05, 0.1) is 64.6 Å². The summed E-state index contributed by atoms with van der Waals surface area (Å²) in [4.78, 5) is 64.4. The van der Waals surface area contributed by atoms with Crippen LogP contribution in [0, 0.1) is 5.41 Å². The number of carbonyl (C=O) groups is 3. The van der Waals surface area contributed by atoms with Crippen LogP contribution in [0.5, 0.6) is 23.0 Å². The van der Waals surface area contributed by atoms with Gasteiger partial charge in [0.2, 0.25) is 11.8 Å². The van der Waals surface area contributed by atoms with Gasteiger partial charge in [0.25, 0.3) is 5.56 Å². The first-order valence-corrected chi connectivity index (χ1v) is 23.5. The SMILES string of the molecule is CCC1(c2ccccc2)C(=O)NC(=O)NC1=O.CCOc1ccc(C=C2NCCc3cc(OCC)c(OCC)cc32)cc1OCC.Cl.Cn1c(=O)c2[nH]cnc2n(C)c1=O.NCCN.OCC(CO)(CO)CO. The summed E-state index contributed by atoms with van der Waals surface area (Å²) < 4.78 is 25.4. The molecule has 0 aliphatic carbocycles. The lowest BCUT2D eigenvalue weighted by molar-refractivity contribution is -0.138. The molecular weight excluding hydrogens is 970 g/mol. The van der Waals surface area contributed by atoms with E-state index in [2.05, 4.69) is 50.2 Å². The quantitative estimate of drug-likeness (QED) is 0.0631. The Kier molecular flexibility index (Phi) is 26.4. The number of nitrogens with two attached hydrogens (primary N) is 2. The Morgan fingerprint density at radius 3 is 1.73 bits per heavy atom. The number of aromatic amines is 1. The van der Waals surface area contributed by atoms with Gasteiger partial charge in [0.15, 0.2) is 34.1 Å². The van der Waals surface area contributed by atoms with E-state index in [4.69, 9.17) is 50.8 Å². The predicted octanol–water partition coefficient (Wildman–Crippen LogP) is 1.85. The number of imide groups is 2. The summed E-state index contributed by atoms with van der Waals surface area (Å²) >= 11 is 0. The smallest absolute Gasteiger partial charge is 0.332 e. The number of hydrogen-bond donors (Lipinski definition) is 10. The Balaban J connectivity index is 0.000000352. The largest absolute Gasteiger partial charge is 0.490 e. The molecule has 0 bridgehead atoms. The number of barbiturate groups is 1. The molecule has 22 nitrogen and oxygen atoms in total. The summed E-state index contributed by atoms with van der Waals surface area (Å²) in [7, 11) is 3.01. The molecule has 0 spiro atoms. The minimum atomic E-state index is -1.31. The van der Waals surface area contributed by atoms with Crippen LogP contribution in [0.15, 0.2) is 76.6 Å². The molecule has 0 radical (unpaired) electrons. The van der Waals surface area contributed by atoms with Gasteiger partial charge in [0.1, 0.15) is 5.52 Å². The van der Waals surface area contributed by atoms with E-state index in [0.717, 1.165) is 57.4 Å². The zero-order chi connectivity index (χ0) is 53.4. The zero-order valence-electron chi connectivity index (χ0n) is 42.5. The molecule has 0 unspecified atom stereocenters. The highest BCUT2D eigenvalue weighted by Gasteiger charge is 2.50. The molecule has 1 saturated heterocycles. The fourth-order valence-corrected chi connectivity index (χ4v) is 7.11. The highest BCUT2D eigenvalue weighted by Crippen LogP contribution is 2.37. The lowest BCUT2D eigenvalue weighted by Crippen LogP contribution is -2.64. The standard InChI is InChI=1S/C24H31NO4.C12H12N2O3.C7H8N4O2.C5H12O4.C2H8N2.ClH/c1-5-26-21-10-9-17(14-22(21)27-6-2)13-20-19-16-24(29-8-4)23(28-7-3)15-18(19)11-12-25-20;1-2-12(8-6-4-3-5-7-8)9(15)13-11(17)14-10(12)16;1-10-5-4(8-3-9-5)6(12)11(2)7(10)13;6-1-5(2-7,3-8)4-9;3-1-2-4;/h9-10,13-16,25H,5-8,11-12H2,1-4H3;3-7H,2H2,1H3,(H2,13,14,15,16,17);3H,1-2H3,(H,8,9);6-9H,1-4H2;1-4H2;1H. The Hall–Kier alpha value is -6.79. The van der Waals surface area contributed by atoms with Crippen LogP contribution in [0.25, 0.3) is 22.9 Å². The van der Waals surface area contributed by atoms with Crippen LogP contribution in [0.1, 0.15) is 63.3 Å². The molecule has 402 valence electrons. The highest BCUT2D eigenvalue weighted by atomic mass is 35.5. The number of aryl methyl sites for hydroxylation is 1. The number of urea groups is 1. The van der Waals surface area contributed by atoms with Gasteiger partial charge in [-0.15, -0.1) is 12.4 Å². The first kappa shape index (κ1) is 62.3. The maximum atomic E-state index is 12.0. The van der Waals surface area contributed by atoms with E-state index in [1.165, 1.54) is 23.5 Å². The third kappa shape index (κ3) is 15.9. The number of aromatic nitrogens is 4. The Morgan fingerprint density at radius 1 is 0.712 bits per heavy atom. The van der Waals surface area contributed by atoms with E-state index >= 15 is 0 Å². The third-order valence-corrected chi connectivity index (χ3v) is 11.2. The van der Waals surface area contributed by atoms with Gasteiger partial charge in [0, 0.05) is 45.0 Å². The minimum absolute atomic E-state index is 0. The molecule has 0 atom stereocenters. The van der Waals surface area contributed by atoms with Crippen molar-refractivity contribution in [2.45, 2.75) is 52.9 Å². The summed E-state index contributed by atoms with van der Waals surface area (Å²) in [6.45, 7) is 12.5. The van der Waals surface area contributed by atoms with Crippen molar-refractivity contribution in [3.63, 3.8) is 0 Å². The number of aliphatic hydroxyl groups excluding tert-OH is 4. The van der Waals surface area contributed by atoms with E-state index < -0.39 is 55.1 Å². The number of fused-ring (bicyclic) bond motifs is 2. The van der Waals surface area contributed by atoms with Gasteiger partial charge in [-0.2, -0.15) is 0 Å². The average molecular weight is 1040 g/mol. The molecule has 3 aromatic carbocycles. The van der Waals surface area contributed by atoms with Crippen molar-refractivity contribution in [2.24, 2.45) is 31.0 Å². The van der Waals surface area contributed by atoms with Crippen molar-refractivity contribution in [3.8, 4) is 23.0 Å². The molecule has 4 heterocycles. The maximum absolute atomic E-state index is 12.0. The van der Waals surface area contributed by atoms with Crippen LogP contribution in [-0.4, -0.2) is 130 Å². The van der Waals surface area contributed by atoms with E-state index in [9.17, 15) is 24.0 Å². The molecular formula is C50H72ClN9O13. The van der Waals surface area contributed by atoms with Crippen molar-refractivity contribution in [1.82, 2.24) is 35.1 Å². The molecule has 2 aliphatic heterocycles. The first-order chi connectivity index (χ1) is 34.6. The van der Waals surface area contributed by atoms with Gasteiger partial charge in [-0.05, 0) is 87.6 Å². The average Bonchev–Trinajstić information content (AvgIpc) is 3.89. The molecule has 12 N–H and O–H groups in total. The monoisotopic (exact) mass is 1040 g/mol. The summed E-state index contributed by atoms with van der Waals surface area (Å²) in [5.74, 6) is 1.99. The van der Waals surface area contributed by atoms with E-state index in [1.54, 1.807) is 44.3 Å². The summed E-state index contributed by atoms with van der Waals surface area (Å²) in [6.07, 6.45) is 4.78. The summed E-state index contributed by atoms with van der Waals surface area (Å²) in [5, 5.41) is 41.8. The van der Waals surface area contributed by atoms with Gasteiger partial charge >= 0.3 is 11.7 Å². The fraction of sp³-hybridized carbons (Fsp3) is 0.440. The third-order valence-electron chi connectivity index (χ3n) is 11.2. The van der Waals surface area contributed by atoms with Crippen molar-refractivity contribution >= 4 is 53.2 Å². The molecule has 0 saturated carbocycles. The number of amides is 4. The second-order valence-electron chi connectivity index (χ2n) is 16.0. The van der Waals surface area contributed by atoms with E-state index in [1.807, 2.05) is 39.8 Å². The topological polar surface area (TPSA) is 330 Å². The molecule has 73 heavy (non-hydrogen) atoms. The van der Waals surface area contributed by atoms with Gasteiger partial charge in [-0.1, -0.05) is 43.3 Å². The molecule has 5 aromatic rings. The van der Waals surface area contributed by atoms with Gasteiger partial charge in [-0.25, -0.2) is 14.6 Å². The molecule has 4 amide bonds. The Bertz CT molecular complexity index is 2650. The van der Waals surface area contributed by atoms with Crippen molar-refractivity contribution < 1.29 is 53.8 Å². The fourth-order valence-electron chi connectivity index (χ4n) is 7.11. The van der Waals surface area contributed by atoms with Crippen LogP contribution in [-0.2, 0) is 35.5 Å². The number of hydrogen-bond acceptors (Lipinski definition) is 17. The van der Waals surface area contributed by atoms with Crippen LogP contribution in [0.2, 0.25) is 0 Å². The number of ether oxygens (including phenoxy) is 4. The predicted molar refractivity (Wildman–Crippen MR) is 280 cm³/mol. The number of benzene rings is 3. The number of nitrogens with one attached hydrogen (secondary N) is 4. The minimum Gasteiger partial charge on any atom is -0.490 e.